The van der Waals surface area contributed by atoms with Gasteiger partial charge in [-0.05, 0) is 114 Å². The highest BCUT2D eigenvalue weighted by Crippen LogP contribution is 2.61. The molecule has 0 fully saturated rings. The van der Waals surface area contributed by atoms with Crippen molar-refractivity contribution in [3.8, 4) is 11.1 Å². The van der Waals surface area contributed by atoms with Crippen molar-refractivity contribution in [1.82, 2.24) is 0 Å². The third-order valence-electron chi connectivity index (χ3n) is 12.4. The molecule has 1 aliphatic carbocycles. The van der Waals surface area contributed by atoms with Gasteiger partial charge in [-0.1, -0.05) is 200 Å². The Morgan fingerprint density at radius 3 is 1.34 bits per heavy atom. The summed E-state index contributed by atoms with van der Waals surface area (Å²) in [5, 5.41) is 5.09. The minimum Gasteiger partial charge on any atom is -0.310 e. The third-order valence-corrected chi connectivity index (χ3v) is 12.4. The summed E-state index contributed by atoms with van der Waals surface area (Å²) in [7, 11) is 0. The smallest absolute Gasteiger partial charge is 0.0720 e. The molecule has 0 amide bonds. The molecule has 1 aliphatic rings. The predicted octanol–water partition coefficient (Wildman–Crippen LogP) is 15.0. The lowest BCUT2D eigenvalue weighted by Gasteiger charge is -2.36. The van der Waals surface area contributed by atoms with Crippen molar-refractivity contribution >= 4 is 38.6 Å². The molecule has 0 aromatic heterocycles. The summed E-state index contributed by atoms with van der Waals surface area (Å²) in [6, 6.07) is 89.4. The van der Waals surface area contributed by atoms with Gasteiger partial charge in [0.1, 0.15) is 0 Å². The largest absolute Gasteiger partial charge is 0.310 e. The zero-order valence-corrected chi connectivity index (χ0v) is 32.6. The van der Waals surface area contributed by atoms with Crippen LogP contribution in [-0.2, 0) is 5.41 Å². The van der Waals surface area contributed by atoms with Gasteiger partial charge in [-0.25, -0.2) is 0 Å². The molecule has 0 aliphatic heterocycles. The SMILES string of the molecule is c1ccc(C(c2ccccc2)c2ccc3c4c(c5ccccc5c3c2)-c2ccc(N(c3ccccc3)c3ccccc3)cc2C4(c2ccccc2)c2ccccc2)cc1. The average Bonchev–Trinajstić information content (AvgIpc) is 3.63. The van der Waals surface area contributed by atoms with Crippen LogP contribution in [0.3, 0.4) is 0 Å². The second-order valence-electron chi connectivity index (χ2n) is 15.6. The van der Waals surface area contributed by atoms with Crippen molar-refractivity contribution in [2.45, 2.75) is 11.3 Å². The van der Waals surface area contributed by atoms with Crippen molar-refractivity contribution < 1.29 is 0 Å². The van der Waals surface area contributed by atoms with Gasteiger partial charge in [-0.15, -0.1) is 0 Å². The van der Waals surface area contributed by atoms with E-state index in [1.807, 2.05) is 0 Å². The number of benzene rings is 10. The number of hydrogen-bond donors (Lipinski definition) is 0. The van der Waals surface area contributed by atoms with Gasteiger partial charge in [0.25, 0.3) is 0 Å². The number of fused-ring (bicyclic) bond motifs is 8. The highest BCUT2D eigenvalue weighted by molar-refractivity contribution is 6.19. The van der Waals surface area contributed by atoms with Crippen LogP contribution in [-0.4, -0.2) is 0 Å². The lowest BCUT2D eigenvalue weighted by Crippen LogP contribution is -2.29. The van der Waals surface area contributed by atoms with Crippen LogP contribution in [0.25, 0.3) is 32.7 Å². The first-order valence-corrected chi connectivity index (χ1v) is 20.6. The molecule has 59 heavy (non-hydrogen) atoms. The zero-order valence-electron chi connectivity index (χ0n) is 32.6. The molecular formula is C58H41N. The molecule has 1 nitrogen and oxygen atoms in total. The van der Waals surface area contributed by atoms with Crippen LogP contribution in [0.15, 0.2) is 243 Å². The molecule has 0 bridgehead atoms. The molecule has 10 aromatic carbocycles. The van der Waals surface area contributed by atoms with Crippen molar-refractivity contribution in [3.63, 3.8) is 0 Å². The maximum Gasteiger partial charge on any atom is 0.0720 e. The summed E-state index contributed by atoms with van der Waals surface area (Å²) in [5.74, 6) is 0.0866. The maximum atomic E-state index is 2.49. The Kier molecular flexibility index (Phi) is 8.52. The Labute approximate surface area is 346 Å². The first-order valence-electron chi connectivity index (χ1n) is 20.6. The van der Waals surface area contributed by atoms with Crippen molar-refractivity contribution in [3.05, 3.63) is 282 Å². The van der Waals surface area contributed by atoms with Gasteiger partial charge < -0.3 is 4.90 Å². The Morgan fingerprint density at radius 1 is 0.322 bits per heavy atom. The zero-order chi connectivity index (χ0) is 39.2. The minimum absolute atomic E-state index is 0.0866. The molecular weight excluding hydrogens is 711 g/mol. The van der Waals surface area contributed by atoms with E-state index in [-0.39, 0.29) is 5.92 Å². The highest BCUT2D eigenvalue weighted by Gasteiger charge is 2.48. The van der Waals surface area contributed by atoms with Crippen LogP contribution in [0, 0.1) is 0 Å². The molecule has 11 rings (SSSR count). The Morgan fingerprint density at radius 2 is 0.797 bits per heavy atom. The number of nitrogens with zero attached hydrogens (tertiary/aromatic N) is 1. The quantitative estimate of drug-likeness (QED) is 0.110. The molecule has 0 heterocycles. The van der Waals surface area contributed by atoms with E-state index in [1.165, 1.54) is 71.6 Å². The van der Waals surface area contributed by atoms with E-state index < -0.39 is 5.41 Å². The van der Waals surface area contributed by atoms with Crippen LogP contribution in [0.4, 0.5) is 17.1 Å². The van der Waals surface area contributed by atoms with Gasteiger partial charge in [0, 0.05) is 23.0 Å². The molecule has 0 atom stereocenters. The van der Waals surface area contributed by atoms with E-state index in [2.05, 4.69) is 248 Å². The Balaban J connectivity index is 1.26. The van der Waals surface area contributed by atoms with E-state index in [0.29, 0.717) is 0 Å². The van der Waals surface area contributed by atoms with Crippen molar-refractivity contribution in [2.24, 2.45) is 0 Å². The van der Waals surface area contributed by atoms with Crippen molar-refractivity contribution in [1.29, 1.82) is 0 Å². The number of anilines is 3. The summed E-state index contributed by atoms with van der Waals surface area (Å²) in [6.45, 7) is 0. The van der Waals surface area contributed by atoms with Gasteiger partial charge in [0.05, 0.1) is 5.41 Å². The van der Waals surface area contributed by atoms with Gasteiger partial charge in [-0.3, -0.25) is 0 Å². The number of rotatable bonds is 8. The minimum atomic E-state index is -0.621. The van der Waals surface area contributed by atoms with Crippen LogP contribution in [0.1, 0.15) is 44.9 Å². The maximum absolute atomic E-state index is 2.49. The number of para-hydroxylation sites is 2. The second kappa shape index (κ2) is 14.5. The van der Waals surface area contributed by atoms with E-state index in [1.54, 1.807) is 0 Å². The van der Waals surface area contributed by atoms with Gasteiger partial charge in [-0.2, -0.15) is 0 Å². The van der Waals surface area contributed by atoms with Crippen LogP contribution in [0.2, 0.25) is 0 Å². The van der Waals surface area contributed by atoms with E-state index in [4.69, 9.17) is 0 Å². The van der Waals surface area contributed by atoms with Gasteiger partial charge >= 0.3 is 0 Å². The fourth-order valence-electron chi connectivity index (χ4n) is 10.0. The normalized spacial score (nSPS) is 12.7. The molecule has 0 radical (unpaired) electrons. The molecule has 278 valence electrons. The summed E-state index contributed by atoms with van der Waals surface area (Å²) < 4.78 is 0. The summed E-state index contributed by atoms with van der Waals surface area (Å²) in [4.78, 5) is 2.39. The average molecular weight is 752 g/mol. The summed E-state index contributed by atoms with van der Waals surface area (Å²) >= 11 is 0. The van der Waals surface area contributed by atoms with Crippen LogP contribution >= 0.6 is 0 Å². The van der Waals surface area contributed by atoms with Crippen LogP contribution < -0.4 is 4.90 Å². The monoisotopic (exact) mass is 751 g/mol. The summed E-state index contributed by atoms with van der Waals surface area (Å²) in [5.41, 5.74) is 14.3. The number of hydrogen-bond acceptors (Lipinski definition) is 1. The van der Waals surface area contributed by atoms with E-state index in [9.17, 15) is 0 Å². The molecule has 0 saturated heterocycles. The highest BCUT2D eigenvalue weighted by atomic mass is 15.1. The first kappa shape index (κ1) is 34.7. The van der Waals surface area contributed by atoms with Gasteiger partial charge in [0.2, 0.25) is 0 Å². The standard InChI is InChI=1S/C58H41N/c1-7-21-41(22-8-1)55(42-23-9-2-10-24-42)43-35-37-51-53(39-43)49-33-19-20-34-50(49)56-52-38-36-48(59(46-29-15-5-16-30-46)47-31-17-6-18-32-47)40-54(52)58(57(51)56,44-25-11-3-12-26-44)45-27-13-4-14-28-45/h1-40,55H. The topological polar surface area (TPSA) is 3.24 Å². The second-order valence-corrected chi connectivity index (χ2v) is 15.6. The fraction of sp³-hybridized carbons (Fsp3) is 0.0345. The van der Waals surface area contributed by atoms with Crippen molar-refractivity contribution in [2.75, 3.05) is 4.90 Å². The molecule has 0 unspecified atom stereocenters. The molecule has 0 spiro atoms. The predicted molar refractivity (Wildman–Crippen MR) is 247 cm³/mol. The first-order chi connectivity index (χ1) is 29.3. The molecule has 10 aromatic rings. The lowest BCUT2D eigenvalue weighted by atomic mass is 9.66. The Bertz CT molecular complexity index is 2950. The molecule has 0 N–H and O–H groups in total. The third kappa shape index (κ3) is 5.62. The van der Waals surface area contributed by atoms with E-state index >= 15 is 0 Å². The lowest BCUT2D eigenvalue weighted by molar-refractivity contribution is 0.775. The van der Waals surface area contributed by atoms with Crippen LogP contribution in [0.5, 0.6) is 0 Å². The molecule has 1 heteroatoms. The molecule has 0 saturated carbocycles. The van der Waals surface area contributed by atoms with Gasteiger partial charge in [0.15, 0.2) is 0 Å². The Hall–Kier alpha value is -7.48. The van der Waals surface area contributed by atoms with E-state index in [0.717, 1.165) is 17.1 Å². The summed E-state index contributed by atoms with van der Waals surface area (Å²) in [6.07, 6.45) is 0. The fourth-order valence-corrected chi connectivity index (χ4v) is 10.0.